The van der Waals surface area contributed by atoms with E-state index in [1.807, 2.05) is 30.3 Å². The summed E-state index contributed by atoms with van der Waals surface area (Å²) < 4.78 is 5.17. The Labute approximate surface area is 194 Å². The zero-order valence-corrected chi connectivity index (χ0v) is 19.2. The van der Waals surface area contributed by atoms with E-state index in [4.69, 9.17) is 4.74 Å². The fourth-order valence-electron chi connectivity index (χ4n) is 3.06. The van der Waals surface area contributed by atoms with Gasteiger partial charge in [0.25, 0.3) is 0 Å². The minimum absolute atomic E-state index is 0.0374. The molecule has 0 radical (unpaired) electrons. The number of alkyl carbamates (subject to hydrolysis) is 1. The van der Waals surface area contributed by atoms with Gasteiger partial charge in [-0.2, -0.15) is 0 Å². The van der Waals surface area contributed by atoms with Crippen LogP contribution in [0, 0.1) is 0 Å². The molecule has 0 bridgehead atoms. The molecule has 8 heteroatoms. The number of phenols is 1. The van der Waals surface area contributed by atoms with Crippen molar-refractivity contribution in [2.45, 2.75) is 39.0 Å². The maximum Gasteiger partial charge on any atom is 0.408 e. The molecule has 1 atom stereocenters. The van der Waals surface area contributed by atoms with Gasteiger partial charge in [0.05, 0.1) is 0 Å². The molecular weight excluding hydrogens is 422 g/mol. The Morgan fingerprint density at radius 3 is 2.27 bits per heavy atom. The summed E-state index contributed by atoms with van der Waals surface area (Å²) >= 11 is 0. The van der Waals surface area contributed by atoms with Crippen molar-refractivity contribution in [2.24, 2.45) is 0 Å². The molecule has 0 aliphatic rings. The van der Waals surface area contributed by atoms with Gasteiger partial charge < -0.3 is 25.4 Å². The number of phenolic OH excluding ortho intramolecular Hbond substituents is 1. The standard InChI is InChI=1S/C25H31N3O5/c1-5-15-28(21(30)17-27-24(32)33-25(2,3)4)22(19-11-13-20(29)14-12-19)23(31)26-16-18-9-7-6-8-10-18/h5-14,22,29H,1,15-17H2,2-4H3,(H,26,31)(H,27,32). The van der Waals surface area contributed by atoms with Crippen molar-refractivity contribution < 1.29 is 24.2 Å². The van der Waals surface area contributed by atoms with E-state index in [-0.39, 0.29) is 25.4 Å². The smallest absolute Gasteiger partial charge is 0.408 e. The summed E-state index contributed by atoms with van der Waals surface area (Å²) in [6.07, 6.45) is 0.771. The molecule has 0 heterocycles. The lowest BCUT2D eigenvalue weighted by Gasteiger charge is -2.31. The zero-order chi connectivity index (χ0) is 24.4. The largest absolute Gasteiger partial charge is 0.508 e. The first-order chi connectivity index (χ1) is 15.6. The van der Waals surface area contributed by atoms with Gasteiger partial charge in [0.1, 0.15) is 23.9 Å². The van der Waals surface area contributed by atoms with Crippen molar-refractivity contribution in [3.8, 4) is 5.75 Å². The fourth-order valence-corrected chi connectivity index (χ4v) is 3.06. The molecule has 0 saturated carbocycles. The number of hydrogen-bond donors (Lipinski definition) is 3. The first-order valence-electron chi connectivity index (χ1n) is 10.6. The number of amides is 3. The van der Waals surface area contributed by atoms with Crippen LogP contribution in [0.3, 0.4) is 0 Å². The number of ether oxygens (including phenoxy) is 1. The summed E-state index contributed by atoms with van der Waals surface area (Å²) in [6.45, 7) is 8.84. The van der Waals surface area contributed by atoms with E-state index in [1.165, 1.54) is 23.1 Å². The van der Waals surface area contributed by atoms with E-state index in [0.29, 0.717) is 5.56 Å². The Balaban J connectivity index is 2.23. The van der Waals surface area contributed by atoms with E-state index in [0.717, 1.165) is 5.56 Å². The number of nitrogens with zero attached hydrogens (tertiary/aromatic N) is 1. The number of hydrogen-bond acceptors (Lipinski definition) is 5. The quantitative estimate of drug-likeness (QED) is 0.505. The number of carbonyl (C=O) groups is 3. The molecule has 0 fully saturated rings. The normalized spacial score (nSPS) is 11.7. The summed E-state index contributed by atoms with van der Waals surface area (Å²) in [5.41, 5.74) is 0.703. The number of benzene rings is 2. The van der Waals surface area contributed by atoms with Crippen LogP contribution in [0.1, 0.15) is 37.9 Å². The summed E-state index contributed by atoms with van der Waals surface area (Å²) in [7, 11) is 0. The average Bonchev–Trinajstić information content (AvgIpc) is 2.76. The molecule has 33 heavy (non-hydrogen) atoms. The van der Waals surface area contributed by atoms with E-state index in [1.54, 1.807) is 32.9 Å². The third kappa shape index (κ3) is 8.33. The van der Waals surface area contributed by atoms with Crippen LogP contribution in [0.25, 0.3) is 0 Å². The van der Waals surface area contributed by atoms with Crippen LogP contribution in [-0.2, 0) is 20.9 Å². The van der Waals surface area contributed by atoms with Gasteiger partial charge in [-0.05, 0) is 44.0 Å². The van der Waals surface area contributed by atoms with Crippen molar-refractivity contribution in [3.05, 3.63) is 78.4 Å². The monoisotopic (exact) mass is 453 g/mol. The Bertz CT molecular complexity index is 952. The van der Waals surface area contributed by atoms with Gasteiger partial charge in [-0.1, -0.05) is 48.5 Å². The number of carbonyl (C=O) groups excluding carboxylic acids is 3. The lowest BCUT2D eigenvalue weighted by atomic mass is 10.0. The third-order valence-electron chi connectivity index (χ3n) is 4.51. The second kappa shape index (κ2) is 11.7. The molecule has 0 spiro atoms. The minimum atomic E-state index is -1.000. The first-order valence-corrected chi connectivity index (χ1v) is 10.6. The van der Waals surface area contributed by atoms with Crippen molar-refractivity contribution >= 4 is 17.9 Å². The highest BCUT2D eigenvalue weighted by Crippen LogP contribution is 2.24. The van der Waals surface area contributed by atoms with Crippen LogP contribution in [0.5, 0.6) is 5.75 Å². The number of aromatic hydroxyl groups is 1. The molecule has 0 aliphatic heterocycles. The van der Waals surface area contributed by atoms with Crippen LogP contribution in [0.4, 0.5) is 4.79 Å². The summed E-state index contributed by atoms with van der Waals surface area (Å²) in [5, 5.41) is 15.0. The van der Waals surface area contributed by atoms with Crippen LogP contribution in [0.2, 0.25) is 0 Å². The van der Waals surface area contributed by atoms with Gasteiger partial charge in [0.2, 0.25) is 11.8 Å². The Hall–Kier alpha value is -3.81. The van der Waals surface area contributed by atoms with Gasteiger partial charge in [0.15, 0.2) is 0 Å². The topological polar surface area (TPSA) is 108 Å². The van der Waals surface area contributed by atoms with Crippen molar-refractivity contribution in [1.82, 2.24) is 15.5 Å². The lowest BCUT2D eigenvalue weighted by molar-refractivity contribution is -0.139. The third-order valence-corrected chi connectivity index (χ3v) is 4.51. The maximum atomic E-state index is 13.2. The van der Waals surface area contributed by atoms with Gasteiger partial charge in [-0.25, -0.2) is 4.79 Å². The summed E-state index contributed by atoms with van der Waals surface area (Å²) in [5.74, 6) is -0.860. The highest BCUT2D eigenvalue weighted by atomic mass is 16.6. The molecule has 3 amide bonds. The van der Waals surface area contributed by atoms with E-state index in [9.17, 15) is 19.5 Å². The van der Waals surface area contributed by atoms with Gasteiger partial charge >= 0.3 is 6.09 Å². The average molecular weight is 454 g/mol. The SMILES string of the molecule is C=CCN(C(=O)CNC(=O)OC(C)(C)C)C(C(=O)NCc1ccccc1)c1ccc(O)cc1. The van der Waals surface area contributed by atoms with Crippen LogP contribution < -0.4 is 10.6 Å². The van der Waals surface area contributed by atoms with E-state index in [2.05, 4.69) is 17.2 Å². The highest BCUT2D eigenvalue weighted by Gasteiger charge is 2.31. The van der Waals surface area contributed by atoms with Crippen LogP contribution >= 0.6 is 0 Å². The number of rotatable bonds is 9. The summed E-state index contributed by atoms with van der Waals surface area (Å²) in [4.78, 5) is 39.6. The molecule has 8 nitrogen and oxygen atoms in total. The van der Waals surface area contributed by atoms with E-state index < -0.39 is 29.6 Å². The Morgan fingerprint density at radius 2 is 1.70 bits per heavy atom. The second-order valence-electron chi connectivity index (χ2n) is 8.39. The molecule has 2 rings (SSSR count). The molecule has 1 unspecified atom stereocenters. The van der Waals surface area contributed by atoms with Crippen molar-refractivity contribution in [2.75, 3.05) is 13.1 Å². The minimum Gasteiger partial charge on any atom is -0.508 e. The first kappa shape index (κ1) is 25.5. The Morgan fingerprint density at radius 1 is 1.06 bits per heavy atom. The van der Waals surface area contributed by atoms with Gasteiger partial charge in [-0.15, -0.1) is 6.58 Å². The van der Waals surface area contributed by atoms with Crippen LogP contribution in [0.15, 0.2) is 67.3 Å². The maximum absolute atomic E-state index is 13.2. The van der Waals surface area contributed by atoms with E-state index >= 15 is 0 Å². The predicted molar refractivity (Wildman–Crippen MR) is 125 cm³/mol. The van der Waals surface area contributed by atoms with Gasteiger partial charge in [-0.3, -0.25) is 9.59 Å². The lowest BCUT2D eigenvalue weighted by Crippen LogP contribution is -2.47. The molecule has 0 aliphatic carbocycles. The molecule has 2 aromatic carbocycles. The predicted octanol–water partition coefficient (Wildman–Crippen LogP) is 3.29. The molecule has 176 valence electrons. The summed E-state index contributed by atoms with van der Waals surface area (Å²) in [6, 6.07) is 14.4. The number of nitrogens with one attached hydrogen (secondary N) is 2. The molecule has 3 N–H and O–H groups in total. The van der Waals surface area contributed by atoms with Gasteiger partial charge in [0, 0.05) is 13.1 Å². The highest BCUT2D eigenvalue weighted by molar-refractivity contribution is 5.90. The van der Waals surface area contributed by atoms with Crippen molar-refractivity contribution in [1.29, 1.82) is 0 Å². The molecule has 0 saturated heterocycles. The second-order valence-corrected chi connectivity index (χ2v) is 8.39. The van der Waals surface area contributed by atoms with Crippen LogP contribution in [-0.4, -0.2) is 46.6 Å². The fraction of sp³-hybridized carbons (Fsp3) is 0.320. The molecular formula is C25H31N3O5. The molecule has 2 aromatic rings. The Kier molecular flexibility index (Phi) is 9.03. The van der Waals surface area contributed by atoms with Crippen molar-refractivity contribution in [3.63, 3.8) is 0 Å². The molecule has 0 aromatic heterocycles. The zero-order valence-electron chi connectivity index (χ0n) is 19.2.